The fourth-order valence-electron chi connectivity index (χ4n) is 2.02. The van der Waals surface area contributed by atoms with Gasteiger partial charge in [0, 0.05) is 12.7 Å². The van der Waals surface area contributed by atoms with E-state index in [0.29, 0.717) is 13.2 Å². The minimum absolute atomic E-state index is 0.00851. The molecule has 0 fully saturated rings. The third-order valence-corrected chi connectivity index (χ3v) is 3.47. The second-order valence-electron chi connectivity index (χ2n) is 5.25. The molecule has 1 rings (SSSR count). The normalized spacial score (nSPS) is 12.3. The highest BCUT2D eigenvalue weighted by molar-refractivity contribution is 5.97. The molecule has 0 aliphatic rings. The summed E-state index contributed by atoms with van der Waals surface area (Å²) in [7, 11) is 0. The van der Waals surface area contributed by atoms with Crippen molar-refractivity contribution in [2.75, 3.05) is 26.4 Å². The molecule has 0 aromatic heterocycles. The van der Waals surface area contributed by atoms with E-state index >= 15 is 0 Å². The maximum Gasteiger partial charge on any atom is 0.263 e. The highest BCUT2D eigenvalue weighted by Gasteiger charge is 2.13. The van der Waals surface area contributed by atoms with Gasteiger partial charge in [0.25, 0.3) is 5.91 Å². The molecule has 0 saturated heterocycles. The van der Waals surface area contributed by atoms with Gasteiger partial charge >= 0.3 is 0 Å². The zero-order valence-corrected chi connectivity index (χ0v) is 14.2. The molecule has 0 radical (unpaired) electrons. The van der Waals surface area contributed by atoms with Crippen molar-refractivity contribution in [3.8, 4) is 6.07 Å². The molecule has 1 aromatic rings. The van der Waals surface area contributed by atoms with Crippen LogP contribution in [0.15, 0.2) is 36.0 Å². The van der Waals surface area contributed by atoms with Gasteiger partial charge in [-0.25, -0.2) is 0 Å². The monoisotopic (exact) mass is 331 g/mol. The van der Waals surface area contributed by atoms with Gasteiger partial charge in [-0.3, -0.25) is 4.79 Å². The molecule has 6 nitrogen and oxygen atoms in total. The van der Waals surface area contributed by atoms with Crippen LogP contribution in [0.4, 0.5) is 0 Å². The topological polar surface area (TPSA) is 94.4 Å². The van der Waals surface area contributed by atoms with Gasteiger partial charge in [-0.15, -0.1) is 0 Å². The molecular weight excluding hydrogens is 306 g/mol. The Hall–Kier alpha value is -2.36. The van der Waals surface area contributed by atoms with Crippen LogP contribution >= 0.6 is 0 Å². The van der Waals surface area contributed by atoms with Crippen molar-refractivity contribution in [1.29, 1.82) is 5.26 Å². The van der Waals surface area contributed by atoms with E-state index < -0.39 is 5.91 Å². The van der Waals surface area contributed by atoms with Gasteiger partial charge in [-0.2, -0.15) is 5.26 Å². The van der Waals surface area contributed by atoms with E-state index in [2.05, 4.69) is 17.6 Å². The summed E-state index contributed by atoms with van der Waals surface area (Å²) in [5, 5.41) is 23.3. The van der Waals surface area contributed by atoms with Crippen molar-refractivity contribution >= 4 is 5.91 Å². The van der Waals surface area contributed by atoms with Crippen LogP contribution in [-0.4, -0.2) is 37.4 Å². The van der Waals surface area contributed by atoms with Crippen LogP contribution in [0.3, 0.4) is 0 Å². The van der Waals surface area contributed by atoms with E-state index in [0.717, 1.165) is 12.0 Å². The van der Waals surface area contributed by atoms with Crippen molar-refractivity contribution in [2.45, 2.75) is 26.3 Å². The largest absolute Gasteiger partial charge is 0.394 e. The summed E-state index contributed by atoms with van der Waals surface area (Å²) in [6.45, 7) is 5.05. The Morgan fingerprint density at radius 3 is 2.67 bits per heavy atom. The van der Waals surface area contributed by atoms with E-state index in [9.17, 15) is 4.79 Å². The zero-order valence-electron chi connectivity index (χ0n) is 14.2. The van der Waals surface area contributed by atoms with Gasteiger partial charge in [0.05, 0.1) is 25.9 Å². The lowest BCUT2D eigenvalue weighted by Crippen LogP contribution is -2.28. The number of benzene rings is 1. The zero-order chi connectivity index (χ0) is 17.8. The lowest BCUT2D eigenvalue weighted by molar-refractivity contribution is -0.117. The number of hydrogen-bond acceptors (Lipinski definition) is 5. The highest BCUT2D eigenvalue weighted by atomic mass is 16.5. The predicted molar refractivity (Wildman–Crippen MR) is 92.0 cm³/mol. The molecule has 1 aromatic carbocycles. The molecule has 3 N–H and O–H groups in total. The molecule has 0 heterocycles. The molecule has 0 saturated carbocycles. The van der Waals surface area contributed by atoms with Gasteiger partial charge < -0.3 is 20.5 Å². The third-order valence-electron chi connectivity index (χ3n) is 3.47. The minimum Gasteiger partial charge on any atom is -0.394 e. The maximum absolute atomic E-state index is 12.1. The number of nitriles is 1. The van der Waals surface area contributed by atoms with Crippen LogP contribution in [0.2, 0.25) is 0 Å². The Balaban J connectivity index is 2.51. The summed E-state index contributed by atoms with van der Waals surface area (Å²) in [4.78, 5) is 12.1. The summed E-state index contributed by atoms with van der Waals surface area (Å²) in [6.07, 6.45) is 2.35. The van der Waals surface area contributed by atoms with Crippen LogP contribution < -0.4 is 10.6 Å². The first-order valence-corrected chi connectivity index (χ1v) is 8.04. The molecule has 0 spiro atoms. The molecule has 130 valence electrons. The number of nitrogens with one attached hydrogen (secondary N) is 2. The number of ether oxygens (including phenoxy) is 1. The molecule has 24 heavy (non-hydrogen) atoms. The Bertz CT molecular complexity index is 576. The summed E-state index contributed by atoms with van der Waals surface area (Å²) >= 11 is 0. The summed E-state index contributed by atoms with van der Waals surface area (Å²) in [5.41, 5.74) is 2.24. The second-order valence-corrected chi connectivity index (χ2v) is 5.25. The van der Waals surface area contributed by atoms with Crippen LogP contribution in [0.1, 0.15) is 31.0 Å². The summed E-state index contributed by atoms with van der Waals surface area (Å²) < 4.78 is 5.07. The van der Waals surface area contributed by atoms with Crippen LogP contribution in [0.5, 0.6) is 0 Å². The minimum atomic E-state index is -0.423. The van der Waals surface area contributed by atoms with Crippen molar-refractivity contribution in [2.24, 2.45) is 0 Å². The maximum atomic E-state index is 12.1. The smallest absolute Gasteiger partial charge is 0.263 e. The van der Waals surface area contributed by atoms with Gasteiger partial charge in [0.1, 0.15) is 11.6 Å². The first-order valence-electron chi connectivity index (χ1n) is 8.04. The summed E-state index contributed by atoms with van der Waals surface area (Å²) in [5.74, 6) is -0.423. The number of nitrogens with zero attached hydrogens (tertiary/aromatic N) is 1. The number of aryl methyl sites for hydroxylation is 1. The average molecular weight is 331 g/mol. The van der Waals surface area contributed by atoms with Gasteiger partial charge in [0.2, 0.25) is 0 Å². The van der Waals surface area contributed by atoms with Crippen molar-refractivity contribution in [3.63, 3.8) is 0 Å². The SMILES string of the molecule is CCc1ccc(C(C)NC(=O)/C(C#N)=C\NCCOCCO)cc1. The lowest BCUT2D eigenvalue weighted by Gasteiger charge is -2.14. The van der Waals surface area contributed by atoms with Crippen LogP contribution in [0.25, 0.3) is 0 Å². The van der Waals surface area contributed by atoms with Gasteiger partial charge in [-0.1, -0.05) is 31.2 Å². The number of aliphatic hydroxyl groups excluding tert-OH is 1. The number of carbonyl (C=O) groups excluding carboxylic acids is 1. The number of rotatable bonds is 10. The van der Waals surface area contributed by atoms with E-state index in [1.165, 1.54) is 11.8 Å². The fourth-order valence-corrected chi connectivity index (χ4v) is 2.02. The lowest BCUT2D eigenvalue weighted by atomic mass is 10.0. The Labute approximate surface area is 143 Å². The van der Waals surface area contributed by atoms with E-state index in [1.807, 2.05) is 37.3 Å². The average Bonchev–Trinajstić information content (AvgIpc) is 2.61. The summed E-state index contributed by atoms with van der Waals surface area (Å²) in [6, 6.07) is 9.73. The molecule has 1 unspecified atom stereocenters. The van der Waals surface area contributed by atoms with Gasteiger partial charge in [0.15, 0.2) is 0 Å². The molecule has 0 aliphatic heterocycles. The van der Waals surface area contributed by atoms with E-state index in [4.69, 9.17) is 15.1 Å². The molecule has 1 atom stereocenters. The van der Waals surface area contributed by atoms with Crippen LogP contribution in [-0.2, 0) is 16.0 Å². The standard InChI is InChI=1S/C18H25N3O3/c1-3-15-4-6-16(7-5-15)14(2)21-18(23)17(12-19)13-20-8-10-24-11-9-22/h4-7,13-14,20,22H,3,8-11H2,1-2H3,(H,21,23)/b17-13-. The number of hydrogen-bond donors (Lipinski definition) is 3. The predicted octanol–water partition coefficient (Wildman–Crippen LogP) is 1.43. The first kappa shape index (κ1) is 19.7. The van der Waals surface area contributed by atoms with Crippen LogP contribution in [0, 0.1) is 11.3 Å². The second kappa shape index (κ2) is 11.2. The van der Waals surface area contributed by atoms with E-state index in [-0.39, 0.29) is 24.8 Å². The number of carbonyl (C=O) groups is 1. The molecule has 0 aliphatic carbocycles. The number of aliphatic hydroxyl groups is 1. The highest BCUT2D eigenvalue weighted by Crippen LogP contribution is 2.14. The Kier molecular flexibility index (Phi) is 9.20. The Morgan fingerprint density at radius 2 is 2.08 bits per heavy atom. The Morgan fingerprint density at radius 1 is 1.38 bits per heavy atom. The van der Waals surface area contributed by atoms with Crippen molar-refractivity contribution < 1.29 is 14.6 Å². The van der Waals surface area contributed by atoms with E-state index in [1.54, 1.807) is 0 Å². The molecule has 1 amide bonds. The number of amides is 1. The van der Waals surface area contributed by atoms with Crippen molar-refractivity contribution in [3.05, 3.63) is 47.2 Å². The quantitative estimate of drug-likeness (QED) is 0.342. The molecular formula is C18H25N3O3. The fraction of sp³-hybridized carbons (Fsp3) is 0.444. The third kappa shape index (κ3) is 6.82. The van der Waals surface area contributed by atoms with Gasteiger partial charge in [-0.05, 0) is 24.5 Å². The molecule has 6 heteroatoms. The first-order chi connectivity index (χ1) is 11.6. The molecule has 0 bridgehead atoms. The van der Waals surface area contributed by atoms with Crippen molar-refractivity contribution in [1.82, 2.24) is 10.6 Å².